The van der Waals surface area contributed by atoms with Gasteiger partial charge in [0, 0.05) is 6.20 Å². The molecule has 3 aliphatic rings. The highest BCUT2D eigenvalue weighted by molar-refractivity contribution is 9.11. The summed E-state index contributed by atoms with van der Waals surface area (Å²) in [5, 5.41) is 5.76. The van der Waals surface area contributed by atoms with Gasteiger partial charge in [-0.15, -0.1) is 23.1 Å². The minimum atomic E-state index is -0.913. The second-order valence-corrected chi connectivity index (χ2v) is 20.3. The zero-order valence-corrected chi connectivity index (χ0v) is 38.6. The largest absolute Gasteiger partial charge is 0.494 e. The van der Waals surface area contributed by atoms with Gasteiger partial charge in [-0.2, -0.15) is 0 Å². The van der Waals surface area contributed by atoms with Crippen LogP contribution in [0, 0.1) is 30.2 Å². The van der Waals surface area contributed by atoms with Gasteiger partial charge in [0.05, 0.1) is 58.6 Å². The number of rotatable bonds is 6. The van der Waals surface area contributed by atoms with Crippen molar-refractivity contribution in [2.75, 3.05) is 10.6 Å². The number of amides is 2. The number of carbonyl (C=O) groups is 2. The van der Waals surface area contributed by atoms with Crippen LogP contribution in [0.25, 0.3) is 20.7 Å². The van der Waals surface area contributed by atoms with Gasteiger partial charge >= 0.3 is 7.12 Å². The van der Waals surface area contributed by atoms with Crippen LogP contribution in [0.4, 0.5) is 27.8 Å². The van der Waals surface area contributed by atoms with Crippen molar-refractivity contribution in [1.29, 1.82) is 0 Å². The number of hydrogen-bond acceptors (Lipinski definition) is 12. The first-order chi connectivity index (χ1) is 29.4. The van der Waals surface area contributed by atoms with Crippen LogP contribution < -0.4 is 10.6 Å². The Bertz CT molecular complexity index is 2720. The van der Waals surface area contributed by atoms with E-state index in [0.29, 0.717) is 9.04 Å². The molecule has 6 aromatic rings. The lowest BCUT2D eigenvalue weighted by molar-refractivity contribution is 0.00578. The van der Waals surface area contributed by atoms with Crippen LogP contribution in [0.15, 0.2) is 98.4 Å². The van der Waals surface area contributed by atoms with Crippen LogP contribution in [-0.2, 0) is 9.31 Å². The van der Waals surface area contributed by atoms with Gasteiger partial charge in [0.1, 0.15) is 34.4 Å². The number of thioether (sulfide) groups is 1. The Balaban J connectivity index is 0.000000144. The first-order valence-electron chi connectivity index (χ1n) is 18.8. The zero-order chi connectivity index (χ0) is 44.5. The van der Waals surface area contributed by atoms with Crippen LogP contribution in [0.3, 0.4) is 0 Å². The molecule has 3 aromatic carbocycles. The molecular weight excluding hydrogens is 947 g/mol. The van der Waals surface area contributed by atoms with Crippen molar-refractivity contribution in [3.8, 4) is 10.4 Å². The van der Waals surface area contributed by atoms with Crippen molar-refractivity contribution in [2.45, 2.75) is 64.0 Å². The third-order valence-electron chi connectivity index (χ3n) is 10.3. The highest BCUT2D eigenvalue weighted by atomic mass is 79.9. The number of aromatic nitrogens is 3. The number of allylic oxidation sites excluding steroid dienone is 2. The van der Waals surface area contributed by atoms with Gasteiger partial charge in [-0.1, -0.05) is 52.5 Å². The van der Waals surface area contributed by atoms with Crippen molar-refractivity contribution in [3.05, 3.63) is 133 Å². The van der Waals surface area contributed by atoms with Gasteiger partial charge in [-0.05, 0) is 110 Å². The van der Waals surface area contributed by atoms with Gasteiger partial charge in [0.25, 0.3) is 11.8 Å². The maximum absolute atomic E-state index is 13.7. The van der Waals surface area contributed by atoms with Gasteiger partial charge in [-0.25, -0.2) is 32.5 Å². The lowest BCUT2D eigenvalue weighted by Crippen LogP contribution is -2.41. The van der Waals surface area contributed by atoms with E-state index < -0.39 is 46.2 Å². The first-order valence-corrected chi connectivity index (χ1v) is 23.0. The second kappa shape index (κ2) is 18.6. The molecule has 62 heavy (non-hydrogen) atoms. The summed E-state index contributed by atoms with van der Waals surface area (Å²) in [6.45, 7) is 12.5. The number of aliphatic imine (C=N–C) groups is 1. The number of benzene rings is 3. The van der Waals surface area contributed by atoms with Gasteiger partial charge in [-0.3, -0.25) is 25.2 Å². The van der Waals surface area contributed by atoms with E-state index in [1.165, 1.54) is 35.2 Å². The fourth-order valence-corrected chi connectivity index (χ4v) is 9.99. The quantitative estimate of drug-likeness (QED) is 0.125. The third-order valence-corrected chi connectivity index (χ3v) is 14.4. The van der Waals surface area contributed by atoms with Crippen LogP contribution in [-0.4, -0.2) is 61.9 Å². The number of carbonyl (C=O) groups excluding carboxylic acids is 2. The minimum absolute atomic E-state index is 0.239. The summed E-state index contributed by atoms with van der Waals surface area (Å²) in [5.74, 6) is -5.36. The first kappa shape index (κ1) is 45.5. The molecule has 2 atom stereocenters. The van der Waals surface area contributed by atoms with Crippen molar-refractivity contribution in [2.24, 2.45) is 4.99 Å². The Labute approximate surface area is 379 Å². The topological polar surface area (TPSA) is 128 Å². The predicted octanol–water partition coefficient (Wildman–Crippen LogP) is 11.7. The molecule has 0 saturated carbocycles. The molecule has 10 nitrogen and oxygen atoms in total. The Morgan fingerprint density at radius 3 is 1.92 bits per heavy atom. The lowest BCUT2D eigenvalue weighted by atomic mass is 9.71. The molecule has 2 aliphatic heterocycles. The molecular formula is C42H36BBrF4N6O4S4. The number of thiazole rings is 3. The maximum atomic E-state index is 13.7. The number of fused-ring (bicyclic) bond motifs is 2. The summed E-state index contributed by atoms with van der Waals surface area (Å²) in [5.41, 5.74) is 7.22. The summed E-state index contributed by atoms with van der Waals surface area (Å²) in [7, 11) is -0.275. The molecule has 2 unspecified atom stereocenters. The monoisotopic (exact) mass is 982 g/mol. The molecule has 0 bridgehead atoms. The molecule has 9 rings (SSSR count). The lowest BCUT2D eigenvalue weighted by Gasteiger charge is -2.32. The summed E-state index contributed by atoms with van der Waals surface area (Å²) < 4.78 is 68.1. The van der Waals surface area contributed by atoms with Crippen molar-refractivity contribution in [3.63, 3.8) is 0 Å². The summed E-state index contributed by atoms with van der Waals surface area (Å²) in [6, 6.07) is 10.8. The highest BCUT2D eigenvalue weighted by Crippen LogP contribution is 2.42. The molecule has 20 heteroatoms. The van der Waals surface area contributed by atoms with E-state index in [1.54, 1.807) is 34.8 Å². The fourth-order valence-electron chi connectivity index (χ4n) is 6.30. The number of nitrogens with one attached hydrogen (secondary N) is 2. The minimum Gasteiger partial charge on any atom is -0.399 e. The molecule has 0 radical (unpaired) electrons. The average molecular weight is 984 g/mol. The van der Waals surface area contributed by atoms with E-state index in [9.17, 15) is 27.2 Å². The number of nitrogens with zero attached hydrogens (tertiary/aromatic N) is 4. The molecule has 1 fully saturated rings. The Morgan fingerprint density at radius 2 is 1.35 bits per heavy atom. The van der Waals surface area contributed by atoms with E-state index in [0.717, 1.165) is 67.3 Å². The molecule has 0 spiro atoms. The number of halogens is 5. The van der Waals surface area contributed by atoms with E-state index in [-0.39, 0.29) is 34.6 Å². The third kappa shape index (κ3) is 9.96. The van der Waals surface area contributed by atoms with Crippen LogP contribution in [0.1, 0.15) is 60.9 Å². The second-order valence-electron chi connectivity index (χ2n) is 15.0. The highest BCUT2D eigenvalue weighted by Gasteiger charge is 2.53. The van der Waals surface area contributed by atoms with E-state index in [4.69, 9.17) is 9.31 Å². The Kier molecular flexibility index (Phi) is 13.7. The van der Waals surface area contributed by atoms with Gasteiger partial charge in [0.15, 0.2) is 10.3 Å². The molecule has 2 N–H and O–H groups in total. The molecule has 320 valence electrons. The predicted molar refractivity (Wildman–Crippen MR) is 245 cm³/mol. The molecule has 1 saturated heterocycles. The van der Waals surface area contributed by atoms with E-state index in [2.05, 4.69) is 99.3 Å². The summed E-state index contributed by atoms with van der Waals surface area (Å²) >= 11 is 8.90. The Morgan fingerprint density at radius 1 is 0.790 bits per heavy atom. The fraction of sp³-hybridized carbons (Fsp3) is 0.238. The zero-order valence-electron chi connectivity index (χ0n) is 33.8. The van der Waals surface area contributed by atoms with Crippen molar-refractivity contribution in [1.82, 2.24) is 15.0 Å². The standard InChI is InChI=1S/C18H11F2N3OS2.C14H20BNO2S.C10H5BrF2N2OS/c1-9-5-14-13(22-8-25-14)6-10(9)15-7-21-18(26-15)23-17(24)16-11(19)3-2-4-12(16)20;1-9-6-12-11(16-8-19-12)7-10(9)15-17-13(2,3)14(4,5)18-15;11-7-4-14-10(17-7)15-9(16)8-5(12)2-1-3-6(8)13/h2-8H,1H3,(H,21,23,24);6-8,11-12H,1-5H3;1-4H,(H,14,15,16). The smallest absolute Gasteiger partial charge is 0.399 e. The van der Waals surface area contributed by atoms with Gasteiger partial charge in [0.2, 0.25) is 0 Å². The summed E-state index contributed by atoms with van der Waals surface area (Å²) in [6.07, 6.45) is 7.60. The number of aryl methyl sites for hydroxylation is 1. The number of hydrogen-bond donors (Lipinski definition) is 2. The van der Waals surface area contributed by atoms with Crippen molar-refractivity contribution < 1.29 is 36.5 Å². The van der Waals surface area contributed by atoms with Crippen LogP contribution in [0.2, 0.25) is 0 Å². The van der Waals surface area contributed by atoms with Gasteiger partial charge < -0.3 is 9.31 Å². The number of anilines is 2. The maximum Gasteiger partial charge on any atom is 0.494 e. The SMILES string of the molecule is CC1=CC2SC=NC2C=C1B1OC(C)(C)C(C)(C)O1.Cc1cc2scnc2cc1-c1cnc(NC(=O)c2c(F)cccc2F)s1.O=C(Nc1ncc(Br)s1)c1c(F)cccc1F. The molecule has 1 aliphatic carbocycles. The molecule has 5 heterocycles. The summed E-state index contributed by atoms with van der Waals surface area (Å²) in [4.78, 5) is 41.4. The van der Waals surface area contributed by atoms with Crippen LogP contribution >= 0.6 is 61.7 Å². The van der Waals surface area contributed by atoms with E-state index in [1.807, 2.05) is 18.5 Å². The van der Waals surface area contributed by atoms with Crippen molar-refractivity contribution >= 4 is 107 Å². The Hall–Kier alpha value is -4.57. The van der Waals surface area contributed by atoms with E-state index >= 15 is 0 Å². The average Bonchev–Trinajstić information content (AvgIpc) is 4.04. The molecule has 2 amide bonds. The normalized spacial score (nSPS) is 18.2. The molecule has 3 aromatic heterocycles. The van der Waals surface area contributed by atoms with Crippen LogP contribution in [0.5, 0.6) is 0 Å².